The van der Waals surface area contributed by atoms with Gasteiger partial charge in [-0.25, -0.2) is 16.8 Å². The van der Waals surface area contributed by atoms with Crippen LogP contribution in [-0.2, 0) is 24.8 Å². The summed E-state index contributed by atoms with van der Waals surface area (Å²) in [6, 6.07) is 5.76. The summed E-state index contributed by atoms with van der Waals surface area (Å²) < 4.78 is 57.7. The predicted octanol–water partition coefficient (Wildman–Crippen LogP) is 1.25. The molecule has 0 spiro atoms. The summed E-state index contributed by atoms with van der Waals surface area (Å²) in [5.41, 5.74) is 0.354. The van der Waals surface area contributed by atoms with Crippen LogP contribution in [-0.4, -0.2) is 52.7 Å². The van der Waals surface area contributed by atoms with Crippen molar-refractivity contribution in [1.29, 1.82) is 0 Å². The molecule has 0 amide bonds. The second-order valence-electron chi connectivity index (χ2n) is 5.49. The molecule has 1 saturated heterocycles. The topological polar surface area (TPSA) is 92.8 Å². The van der Waals surface area contributed by atoms with Gasteiger partial charge in [0.1, 0.15) is 0 Å². The summed E-state index contributed by atoms with van der Waals surface area (Å²) in [6.45, 7) is 4.60. The van der Waals surface area contributed by atoms with Gasteiger partial charge in [-0.3, -0.25) is 4.72 Å². The Balaban J connectivity index is 2.15. The predicted molar refractivity (Wildman–Crippen MR) is 88.3 cm³/mol. The van der Waals surface area contributed by atoms with E-state index in [1.165, 1.54) is 28.6 Å². The lowest BCUT2D eigenvalue weighted by molar-refractivity contribution is 0.0102. The van der Waals surface area contributed by atoms with Crippen LogP contribution in [0.2, 0.25) is 0 Å². The molecule has 1 aliphatic heterocycles. The number of sulfonamides is 2. The van der Waals surface area contributed by atoms with E-state index >= 15 is 0 Å². The highest BCUT2D eigenvalue weighted by Gasteiger charge is 2.29. The minimum Gasteiger partial charge on any atom is -0.376 e. The Kier molecular flexibility index (Phi) is 5.66. The van der Waals surface area contributed by atoms with Gasteiger partial charge in [-0.2, -0.15) is 4.31 Å². The summed E-state index contributed by atoms with van der Waals surface area (Å²) in [7, 11) is -6.98. The van der Waals surface area contributed by atoms with E-state index in [2.05, 4.69) is 4.72 Å². The molecule has 1 atom stereocenters. The van der Waals surface area contributed by atoms with Crippen LogP contribution in [0, 0.1) is 0 Å². The van der Waals surface area contributed by atoms with Crippen LogP contribution in [0.4, 0.5) is 5.69 Å². The first kappa shape index (κ1) is 18.2. The standard InChI is InChI=1S/C14H22N2O5S2/c1-3-10-22(17,18)15-13-4-6-14(7-5-13)23(19,20)16-8-9-21-12(2)11-16/h4-7,12,15H,3,8-11H2,1-2H3. The quantitative estimate of drug-likeness (QED) is 0.822. The Bertz CT molecular complexity index is 729. The Morgan fingerprint density at radius 3 is 2.43 bits per heavy atom. The molecule has 0 aromatic heterocycles. The lowest BCUT2D eigenvalue weighted by Crippen LogP contribution is -2.44. The zero-order chi connectivity index (χ0) is 17.1. The summed E-state index contributed by atoms with van der Waals surface area (Å²) in [6.07, 6.45) is 0.371. The average molecular weight is 362 g/mol. The van der Waals surface area contributed by atoms with E-state index in [0.29, 0.717) is 31.8 Å². The number of ether oxygens (including phenoxy) is 1. The number of anilines is 1. The Hall–Kier alpha value is -1.16. The first-order chi connectivity index (χ1) is 10.7. The molecule has 0 radical (unpaired) electrons. The van der Waals surface area contributed by atoms with Gasteiger partial charge < -0.3 is 4.74 Å². The van der Waals surface area contributed by atoms with Crippen molar-refractivity contribution in [2.45, 2.75) is 31.3 Å². The maximum absolute atomic E-state index is 12.6. The largest absolute Gasteiger partial charge is 0.376 e. The highest BCUT2D eigenvalue weighted by Crippen LogP contribution is 2.21. The number of hydrogen-bond donors (Lipinski definition) is 1. The van der Waals surface area contributed by atoms with Gasteiger partial charge in [0.2, 0.25) is 20.0 Å². The summed E-state index contributed by atoms with van der Waals surface area (Å²) in [4.78, 5) is 0.144. The highest BCUT2D eigenvalue weighted by molar-refractivity contribution is 7.92. The fourth-order valence-corrected chi connectivity index (χ4v) is 4.98. The van der Waals surface area contributed by atoms with Crippen LogP contribution < -0.4 is 4.72 Å². The molecule has 9 heteroatoms. The van der Waals surface area contributed by atoms with Crippen molar-refractivity contribution >= 4 is 25.7 Å². The molecular formula is C14H22N2O5S2. The number of rotatable bonds is 6. The van der Waals surface area contributed by atoms with E-state index in [1.54, 1.807) is 6.92 Å². The van der Waals surface area contributed by atoms with Crippen molar-refractivity contribution in [3.63, 3.8) is 0 Å². The molecular weight excluding hydrogens is 340 g/mol. The lowest BCUT2D eigenvalue weighted by Gasteiger charge is -2.30. The molecule has 1 unspecified atom stereocenters. The summed E-state index contributed by atoms with van der Waals surface area (Å²) in [5, 5.41) is 0. The fraction of sp³-hybridized carbons (Fsp3) is 0.571. The van der Waals surface area contributed by atoms with Crippen molar-refractivity contribution in [3.8, 4) is 0 Å². The molecule has 1 fully saturated rings. The molecule has 1 aliphatic rings. The normalized spacial score (nSPS) is 20.3. The third kappa shape index (κ3) is 4.66. The Morgan fingerprint density at radius 1 is 1.22 bits per heavy atom. The zero-order valence-corrected chi connectivity index (χ0v) is 14.9. The molecule has 0 bridgehead atoms. The van der Waals surface area contributed by atoms with E-state index in [1.807, 2.05) is 6.92 Å². The van der Waals surface area contributed by atoms with Crippen molar-refractivity contribution in [2.24, 2.45) is 0 Å². The number of hydrogen-bond acceptors (Lipinski definition) is 5. The molecule has 1 N–H and O–H groups in total. The zero-order valence-electron chi connectivity index (χ0n) is 13.2. The lowest BCUT2D eigenvalue weighted by atomic mass is 10.3. The van der Waals surface area contributed by atoms with Crippen LogP contribution in [0.5, 0.6) is 0 Å². The van der Waals surface area contributed by atoms with Gasteiger partial charge in [0.15, 0.2) is 0 Å². The highest BCUT2D eigenvalue weighted by atomic mass is 32.2. The van der Waals surface area contributed by atoms with Crippen LogP contribution in [0.3, 0.4) is 0 Å². The molecule has 130 valence electrons. The van der Waals surface area contributed by atoms with Crippen molar-refractivity contribution in [1.82, 2.24) is 4.31 Å². The van der Waals surface area contributed by atoms with Gasteiger partial charge in [0.05, 0.1) is 23.4 Å². The minimum absolute atomic E-state index is 0.0265. The molecule has 1 heterocycles. The maximum atomic E-state index is 12.6. The van der Waals surface area contributed by atoms with Gasteiger partial charge in [0.25, 0.3) is 0 Å². The van der Waals surface area contributed by atoms with Gasteiger partial charge in [-0.15, -0.1) is 0 Å². The van der Waals surface area contributed by atoms with Crippen LogP contribution in [0.25, 0.3) is 0 Å². The van der Waals surface area contributed by atoms with Crippen molar-refractivity contribution in [2.75, 3.05) is 30.2 Å². The molecule has 0 saturated carbocycles. The third-order valence-corrected chi connectivity index (χ3v) is 6.81. The van der Waals surface area contributed by atoms with Crippen LogP contribution >= 0.6 is 0 Å². The van der Waals surface area contributed by atoms with Gasteiger partial charge in [-0.05, 0) is 37.6 Å². The number of nitrogens with zero attached hydrogens (tertiary/aromatic N) is 1. The van der Waals surface area contributed by atoms with Gasteiger partial charge in [-0.1, -0.05) is 6.92 Å². The molecule has 7 nitrogen and oxygen atoms in total. The van der Waals surface area contributed by atoms with E-state index in [0.717, 1.165) is 0 Å². The monoisotopic (exact) mass is 362 g/mol. The Morgan fingerprint density at radius 2 is 1.87 bits per heavy atom. The van der Waals surface area contributed by atoms with Crippen LogP contribution in [0.1, 0.15) is 20.3 Å². The molecule has 1 aromatic rings. The molecule has 23 heavy (non-hydrogen) atoms. The number of nitrogens with one attached hydrogen (secondary N) is 1. The SMILES string of the molecule is CCCS(=O)(=O)Nc1ccc(S(=O)(=O)N2CCOC(C)C2)cc1. The second kappa shape index (κ2) is 7.16. The molecule has 0 aliphatic carbocycles. The fourth-order valence-electron chi connectivity index (χ4n) is 2.35. The van der Waals surface area contributed by atoms with Crippen LogP contribution in [0.15, 0.2) is 29.2 Å². The van der Waals surface area contributed by atoms with Crippen molar-refractivity contribution in [3.05, 3.63) is 24.3 Å². The van der Waals surface area contributed by atoms with E-state index in [4.69, 9.17) is 4.74 Å². The number of morpholine rings is 1. The number of benzene rings is 1. The third-order valence-electron chi connectivity index (χ3n) is 3.44. The van der Waals surface area contributed by atoms with E-state index in [-0.39, 0.29) is 16.8 Å². The first-order valence-electron chi connectivity index (χ1n) is 7.47. The van der Waals surface area contributed by atoms with E-state index in [9.17, 15) is 16.8 Å². The molecule has 1 aromatic carbocycles. The minimum atomic E-state index is -3.59. The van der Waals surface area contributed by atoms with Crippen molar-refractivity contribution < 1.29 is 21.6 Å². The maximum Gasteiger partial charge on any atom is 0.243 e. The average Bonchev–Trinajstić information content (AvgIpc) is 2.47. The smallest absolute Gasteiger partial charge is 0.243 e. The Labute approximate surface area is 137 Å². The van der Waals surface area contributed by atoms with E-state index < -0.39 is 20.0 Å². The van der Waals surface area contributed by atoms with Gasteiger partial charge in [0, 0.05) is 18.8 Å². The first-order valence-corrected chi connectivity index (χ1v) is 10.6. The molecule has 2 rings (SSSR count). The summed E-state index contributed by atoms with van der Waals surface area (Å²) >= 11 is 0. The van der Waals surface area contributed by atoms with Gasteiger partial charge >= 0.3 is 0 Å². The second-order valence-corrected chi connectivity index (χ2v) is 9.27. The summed E-state index contributed by atoms with van der Waals surface area (Å²) in [5.74, 6) is 0.0265.